The van der Waals surface area contributed by atoms with E-state index >= 15 is 0 Å². The fourth-order valence-corrected chi connectivity index (χ4v) is 9.72. The summed E-state index contributed by atoms with van der Waals surface area (Å²) in [5.74, 6) is 0.232. The van der Waals surface area contributed by atoms with Crippen molar-refractivity contribution in [2.75, 3.05) is 26.3 Å². The van der Waals surface area contributed by atoms with Gasteiger partial charge in [0, 0.05) is 43.8 Å². The van der Waals surface area contributed by atoms with E-state index in [9.17, 15) is 19.5 Å². The molecule has 2 heterocycles. The van der Waals surface area contributed by atoms with Crippen LogP contribution in [-0.2, 0) is 19.0 Å². The third-order valence-corrected chi connectivity index (χ3v) is 11.7. The fraction of sp³-hybridized carbons (Fsp3) is 0.774. The predicted molar refractivity (Wildman–Crippen MR) is 145 cm³/mol. The average Bonchev–Trinajstić information content (AvgIpc) is 3.15. The average molecular weight is 558 g/mol. The van der Waals surface area contributed by atoms with Crippen molar-refractivity contribution in [3.8, 4) is 0 Å². The summed E-state index contributed by atoms with van der Waals surface area (Å²) in [5, 5.41) is 12.7. The van der Waals surface area contributed by atoms with Crippen molar-refractivity contribution in [2.24, 2.45) is 28.6 Å². The molecule has 9 atom stereocenters. The number of rotatable bonds is 3. The van der Waals surface area contributed by atoms with Crippen LogP contribution in [0, 0.1) is 28.6 Å². The van der Waals surface area contributed by atoms with Gasteiger partial charge in [0.15, 0.2) is 0 Å². The van der Waals surface area contributed by atoms with E-state index in [1.807, 2.05) is 0 Å². The highest BCUT2D eigenvalue weighted by Gasteiger charge is 2.70. The van der Waals surface area contributed by atoms with Crippen LogP contribution in [0.3, 0.4) is 0 Å². The molecule has 5 fully saturated rings. The maximum Gasteiger partial charge on any atom is 0.410 e. The number of hydrogen-bond donors (Lipinski definition) is 1. The minimum atomic E-state index is -1.01. The van der Waals surface area contributed by atoms with Gasteiger partial charge in [0.1, 0.15) is 12.2 Å². The molecule has 9 heteroatoms. The van der Waals surface area contributed by atoms with E-state index in [-0.39, 0.29) is 35.4 Å². The van der Waals surface area contributed by atoms with Gasteiger partial charge in [0.25, 0.3) is 0 Å². The molecule has 4 saturated carbocycles. The van der Waals surface area contributed by atoms with Gasteiger partial charge >= 0.3 is 17.7 Å². The minimum absolute atomic E-state index is 0.0520. The van der Waals surface area contributed by atoms with E-state index < -0.39 is 22.7 Å². The maximum atomic E-state index is 12.8. The number of carbonyl (C=O) groups is 2. The molecule has 5 aliphatic rings. The summed E-state index contributed by atoms with van der Waals surface area (Å²) in [6, 6.07) is 3.16. The quantitative estimate of drug-likeness (QED) is 0.548. The highest BCUT2D eigenvalue weighted by Crippen LogP contribution is 2.71. The van der Waals surface area contributed by atoms with E-state index in [0.29, 0.717) is 44.6 Å². The number of morpholine rings is 1. The van der Waals surface area contributed by atoms with Gasteiger partial charge in [-0.2, -0.15) is 0 Å². The third-order valence-electron chi connectivity index (χ3n) is 11.7. The Hall–Kier alpha value is -2.39. The SMILES string of the molecule is CC(=O)OC1CC2(O)C3CCC4CC(OC(=O)N5CCOCC5)CCC4(C)C3CCC2(C)C1c1ccc(=O)oc1. The van der Waals surface area contributed by atoms with Crippen LogP contribution < -0.4 is 5.63 Å². The van der Waals surface area contributed by atoms with E-state index in [1.54, 1.807) is 11.0 Å². The molecule has 6 rings (SSSR count). The monoisotopic (exact) mass is 557 g/mol. The van der Waals surface area contributed by atoms with Gasteiger partial charge in [-0.05, 0) is 79.7 Å². The molecule has 4 aliphatic carbocycles. The standard InChI is InChI=1S/C31H43NO8/c1-19(33)39-25-17-31(36)24-6-5-21-16-22(40-28(35)32-12-14-37-15-13-32)8-10-29(21,2)23(24)9-11-30(31,3)27(25)20-4-7-26(34)38-18-20/h4,7,18,21-25,27,36H,5-6,8-17H2,1-3H3. The zero-order valence-corrected chi connectivity index (χ0v) is 23.9. The molecule has 1 aromatic rings. The Morgan fingerprint density at radius 3 is 2.50 bits per heavy atom. The maximum absolute atomic E-state index is 12.8. The topological polar surface area (TPSA) is 116 Å². The van der Waals surface area contributed by atoms with Crippen LogP contribution in [0.2, 0.25) is 0 Å². The first kappa shape index (κ1) is 27.8. The van der Waals surface area contributed by atoms with Gasteiger partial charge in [0.2, 0.25) is 0 Å². The Balaban J connectivity index is 1.23. The second kappa shape index (κ2) is 10.2. The molecule has 220 valence electrons. The van der Waals surface area contributed by atoms with Crippen LogP contribution in [0.15, 0.2) is 27.6 Å². The first-order valence-electron chi connectivity index (χ1n) is 15.1. The highest BCUT2D eigenvalue weighted by atomic mass is 16.6. The zero-order valence-electron chi connectivity index (χ0n) is 23.9. The minimum Gasteiger partial charge on any atom is -0.462 e. The molecule has 9 nitrogen and oxygen atoms in total. The molecule has 40 heavy (non-hydrogen) atoms. The van der Waals surface area contributed by atoms with Gasteiger partial charge < -0.3 is 28.6 Å². The van der Waals surface area contributed by atoms with Crippen LogP contribution in [0.4, 0.5) is 4.79 Å². The van der Waals surface area contributed by atoms with Crippen LogP contribution >= 0.6 is 0 Å². The molecule has 1 aromatic heterocycles. The molecule has 1 saturated heterocycles. The number of carbonyl (C=O) groups excluding carboxylic acids is 2. The summed E-state index contributed by atoms with van der Waals surface area (Å²) in [6.45, 7) is 8.22. The van der Waals surface area contributed by atoms with Crippen LogP contribution in [-0.4, -0.2) is 66.2 Å². The van der Waals surface area contributed by atoms with Crippen molar-refractivity contribution in [3.05, 3.63) is 34.4 Å². The number of ether oxygens (including phenoxy) is 3. The van der Waals surface area contributed by atoms with E-state index in [0.717, 1.165) is 50.5 Å². The Morgan fingerprint density at radius 2 is 1.80 bits per heavy atom. The second-order valence-corrected chi connectivity index (χ2v) is 13.5. The molecule has 9 unspecified atom stereocenters. The van der Waals surface area contributed by atoms with Crippen molar-refractivity contribution in [1.82, 2.24) is 4.90 Å². The molecule has 1 amide bonds. The van der Waals surface area contributed by atoms with E-state index in [4.69, 9.17) is 18.6 Å². The summed E-state index contributed by atoms with van der Waals surface area (Å²) in [4.78, 5) is 38.4. The highest BCUT2D eigenvalue weighted by molar-refractivity contribution is 5.68. The first-order valence-corrected chi connectivity index (χ1v) is 15.1. The summed E-state index contributed by atoms with van der Waals surface area (Å²) in [7, 11) is 0. The number of nitrogens with zero attached hydrogens (tertiary/aromatic N) is 1. The molecule has 0 bridgehead atoms. The number of esters is 1. The van der Waals surface area contributed by atoms with E-state index in [2.05, 4.69) is 13.8 Å². The summed E-state index contributed by atoms with van der Waals surface area (Å²) >= 11 is 0. The van der Waals surface area contributed by atoms with Crippen molar-refractivity contribution in [3.63, 3.8) is 0 Å². The number of hydrogen-bond acceptors (Lipinski definition) is 8. The van der Waals surface area contributed by atoms with Crippen LogP contribution in [0.1, 0.15) is 83.6 Å². The van der Waals surface area contributed by atoms with Crippen molar-refractivity contribution < 1.29 is 33.3 Å². The molecular weight excluding hydrogens is 514 g/mol. The van der Waals surface area contributed by atoms with E-state index in [1.165, 1.54) is 19.3 Å². The molecule has 0 spiro atoms. The van der Waals surface area contributed by atoms with Gasteiger partial charge in [-0.3, -0.25) is 4.79 Å². The van der Waals surface area contributed by atoms with Crippen molar-refractivity contribution >= 4 is 12.1 Å². The lowest BCUT2D eigenvalue weighted by Gasteiger charge is -2.63. The lowest BCUT2D eigenvalue weighted by molar-refractivity contribution is -0.206. The number of fused-ring (bicyclic) bond motifs is 5. The predicted octanol–water partition coefficient (Wildman–Crippen LogP) is 4.26. The first-order chi connectivity index (χ1) is 19.0. The molecule has 0 radical (unpaired) electrons. The molecular formula is C31H43NO8. The Morgan fingerprint density at radius 1 is 1.02 bits per heavy atom. The number of amides is 1. The smallest absolute Gasteiger partial charge is 0.410 e. The molecule has 0 aromatic carbocycles. The Kier molecular flexibility index (Phi) is 7.05. The fourth-order valence-electron chi connectivity index (χ4n) is 9.72. The summed E-state index contributed by atoms with van der Waals surface area (Å²) < 4.78 is 22.5. The largest absolute Gasteiger partial charge is 0.462 e. The van der Waals surface area contributed by atoms with Gasteiger partial charge in [0.05, 0.1) is 25.1 Å². The van der Waals surface area contributed by atoms with Crippen LogP contribution in [0.25, 0.3) is 0 Å². The third kappa shape index (κ3) is 4.39. The summed E-state index contributed by atoms with van der Waals surface area (Å²) in [5.41, 5.74) is -1.11. The molecule has 1 N–H and O–H groups in total. The normalized spacial score (nSPS) is 42.8. The second-order valence-electron chi connectivity index (χ2n) is 13.5. The summed E-state index contributed by atoms with van der Waals surface area (Å²) in [6.07, 6.45) is 7.40. The Bertz CT molecular complexity index is 1170. The van der Waals surface area contributed by atoms with Crippen molar-refractivity contribution in [2.45, 2.75) is 95.9 Å². The molecule has 1 aliphatic heterocycles. The lowest BCUT2D eigenvalue weighted by Crippen LogP contribution is -2.62. The van der Waals surface area contributed by atoms with Crippen molar-refractivity contribution in [1.29, 1.82) is 0 Å². The van der Waals surface area contributed by atoms with Gasteiger partial charge in [-0.1, -0.05) is 13.8 Å². The van der Waals surface area contributed by atoms with Gasteiger partial charge in [-0.15, -0.1) is 0 Å². The van der Waals surface area contributed by atoms with Gasteiger partial charge in [-0.25, -0.2) is 9.59 Å². The number of aliphatic hydroxyl groups is 1. The lowest BCUT2D eigenvalue weighted by atomic mass is 9.43. The zero-order chi connectivity index (χ0) is 28.3. The Labute approximate surface area is 235 Å². The van der Waals surface area contributed by atoms with Crippen LogP contribution in [0.5, 0.6) is 0 Å².